The van der Waals surface area contributed by atoms with E-state index in [-0.39, 0.29) is 18.0 Å². The van der Waals surface area contributed by atoms with Gasteiger partial charge in [-0.05, 0) is 5.92 Å². The maximum Gasteiger partial charge on any atom is 0.338 e. The number of esters is 1. The van der Waals surface area contributed by atoms with Gasteiger partial charge in [0.05, 0.1) is 19.3 Å². The molecule has 0 amide bonds. The van der Waals surface area contributed by atoms with Gasteiger partial charge in [-0.15, -0.1) is 0 Å². The van der Waals surface area contributed by atoms with Gasteiger partial charge in [-0.25, -0.2) is 4.79 Å². The minimum atomic E-state index is -0.519. The van der Waals surface area contributed by atoms with Gasteiger partial charge >= 0.3 is 5.97 Å². The van der Waals surface area contributed by atoms with E-state index < -0.39 is 6.10 Å². The number of methoxy groups -OCH3 is 3. The fraction of sp³-hybridized carbons (Fsp3) is 0.750. The molecule has 0 aromatic heterocycles. The molecule has 0 aliphatic carbocycles. The number of hydrogen-bond donors (Lipinski definition) is 0. The van der Waals surface area contributed by atoms with Gasteiger partial charge < -0.3 is 18.9 Å². The first-order valence-electron chi connectivity index (χ1n) is 5.57. The Balaban J connectivity index is 2.99. The Morgan fingerprint density at radius 2 is 1.94 bits per heavy atom. The highest BCUT2D eigenvalue weighted by Gasteiger charge is 2.41. The molecule has 1 heterocycles. The molecule has 0 radical (unpaired) electrons. The molecule has 2 atom stereocenters. The summed E-state index contributed by atoms with van der Waals surface area (Å²) in [5, 5.41) is 0. The molecule has 5 heteroatoms. The Labute approximate surface area is 102 Å². The average molecular weight is 244 g/mol. The minimum Gasteiger partial charge on any atom is -0.496 e. The topological polar surface area (TPSA) is 54.0 Å². The van der Waals surface area contributed by atoms with Crippen molar-refractivity contribution in [2.75, 3.05) is 27.9 Å². The van der Waals surface area contributed by atoms with Gasteiger partial charge in [0.15, 0.2) is 6.10 Å². The van der Waals surface area contributed by atoms with Crippen LogP contribution in [0.1, 0.15) is 13.8 Å². The molecule has 0 bridgehead atoms. The summed E-state index contributed by atoms with van der Waals surface area (Å²) in [4.78, 5) is 11.8. The summed E-state index contributed by atoms with van der Waals surface area (Å²) in [5.41, 5.74) is 0.579. The smallest absolute Gasteiger partial charge is 0.338 e. The fourth-order valence-corrected chi connectivity index (χ4v) is 1.92. The lowest BCUT2D eigenvalue weighted by atomic mass is 10.0. The zero-order valence-corrected chi connectivity index (χ0v) is 11.0. The zero-order valence-electron chi connectivity index (χ0n) is 11.0. The molecule has 0 fully saturated rings. The Morgan fingerprint density at radius 3 is 2.35 bits per heavy atom. The molecule has 0 spiro atoms. The Kier molecular flexibility index (Phi) is 4.96. The van der Waals surface area contributed by atoms with E-state index in [1.165, 1.54) is 7.11 Å². The maximum atomic E-state index is 11.8. The molecular formula is C12H20O5. The van der Waals surface area contributed by atoms with Crippen molar-refractivity contribution in [3.05, 3.63) is 11.3 Å². The van der Waals surface area contributed by atoms with Crippen LogP contribution in [0.3, 0.4) is 0 Å². The van der Waals surface area contributed by atoms with E-state index in [0.717, 1.165) is 0 Å². The summed E-state index contributed by atoms with van der Waals surface area (Å²) in [7, 11) is 4.66. The highest BCUT2D eigenvalue weighted by Crippen LogP contribution is 2.31. The molecule has 0 saturated carbocycles. The van der Waals surface area contributed by atoms with E-state index in [1.807, 2.05) is 13.8 Å². The third-order valence-corrected chi connectivity index (χ3v) is 2.75. The van der Waals surface area contributed by atoms with E-state index >= 15 is 0 Å². The quantitative estimate of drug-likeness (QED) is 0.656. The standard InChI is InChI=1S/C12H20O5/c1-7(2)9-11(16-5)10(17-12(9)13)8(15-4)6-14-3/h7-8,10H,6H2,1-5H3. The van der Waals surface area contributed by atoms with Gasteiger partial charge in [-0.3, -0.25) is 0 Å². The van der Waals surface area contributed by atoms with E-state index in [4.69, 9.17) is 18.9 Å². The lowest BCUT2D eigenvalue weighted by molar-refractivity contribution is -0.148. The van der Waals surface area contributed by atoms with E-state index in [1.54, 1.807) is 14.2 Å². The second-order valence-electron chi connectivity index (χ2n) is 4.19. The maximum absolute atomic E-state index is 11.8. The first-order valence-corrected chi connectivity index (χ1v) is 5.57. The summed E-state index contributed by atoms with van der Waals surface area (Å²) in [6.07, 6.45) is -0.870. The van der Waals surface area contributed by atoms with Crippen molar-refractivity contribution in [3.63, 3.8) is 0 Å². The lowest BCUT2D eigenvalue weighted by Crippen LogP contribution is -2.34. The summed E-state index contributed by atoms with van der Waals surface area (Å²) in [6.45, 7) is 4.19. The second kappa shape index (κ2) is 6.02. The molecule has 1 aliphatic heterocycles. The average Bonchev–Trinajstić information content (AvgIpc) is 2.62. The number of carbonyl (C=O) groups excluding carboxylic acids is 1. The first kappa shape index (κ1) is 14.0. The number of cyclic esters (lactones) is 1. The number of rotatable bonds is 6. The molecule has 0 aromatic rings. The number of hydrogen-bond acceptors (Lipinski definition) is 5. The van der Waals surface area contributed by atoms with Gasteiger partial charge in [0.25, 0.3) is 0 Å². The van der Waals surface area contributed by atoms with E-state index in [2.05, 4.69) is 0 Å². The summed E-state index contributed by atoms with van der Waals surface area (Å²) < 4.78 is 20.9. The monoisotopic (exact) mass is 244 g/mol. The fourth-order valence-electron chi connectivity index (χ4n) is 1.92. The Bertz CT molecular complexity index is 308. The largest absolute Gasteiger partial charge is 0.496 e. The minimum absolute atomic E-state index is 0.0579. The van der Waals surface area contributed by atoms with Crippen LogP contribution >= 0.6 is 0 Å². The van der Waals surface area contributed by atoms with Crippen molar-refractivity contribution in [3.8, 4) is 0 Å². The third kappa shape index (κ3) is 2.79. The van der Waals surface area contributed by atoms with E-state index in [0.29, 0.717) is 17.9 Å². The van der Waals surface area contributed by atoms with Crippen molar-refractivity contribution in [1.82, 2.24) is 0 Å². The Morgan fingerprint density at radius 1 is 1.29 bits per heavy atom. The van der Waals surface area contributed by atoms with Crippen LogP contribution in [-0.4, -0.2) is 46.1 Å². The third-order valence-electron chi connectivity index (χ3n) is 2.75. The normalized spacial score (nSPS) is 22.0. The molecule has 1 aliphatic rings. The van der Waals surface area contributed by atoms with Crippen LogP contribution in [0.2, 0.25) is 0 Å². The molecule has 0 saturated heterocycles. The number of carbonyl (C=O) groups is 1. The molecule has 0 N–H and O–H groups in total. The van der Waals surface area contributed by atoms with Gasteiger partial charge in [-0.2, -0.15) is 0 Å². The predicted molar refractivity (Wildman–Crippen MR) is 61.4 cm³/mol. The highest BCUT2D eigenvalue weighted by molar-refractivity contribution is 5.92. The molecule has 98 valence electrons. The summed E-state index contributed by atoms with van der Waals surface area (Å²) >= 11 is 0. The van der Waals surface area contributed by atoms with Crippen LogP contribution in [0.4, 0.5) is 0 Å². The van der Waals surface area contributed by atoms with Crippen molar-refractivity contribution in [2.24, 2.45) is 5.92 Å². The molecular weight excluding hydrogens is 224 g/mol. The Hall–Kier alpha value is -1.07. The summed E-state index contributed by atoms with van der Waals surface area (Å²) in [6, 6.07) is 0. The van der Waals surface area contributed by atoms with Crippen molar-refractivity contribution in [1.29, 1.82) is 0 Å². The van der Waals surface area contributed by atoms with Crippen LogP contribution in [0.5, 0.6) is 0 Å². The molecule has 0 aromatic carbocycles. The van der Waals surface area contributed by atoms with Crippen LogP contribution in [0.15, 0.2) is 11.3 Å². The molecule has 1 rings (SSSR count). The predicted octanol–water partition coefficient (Wildman–Crippen LogP) is 1.13. The number of ether oxygens (including phenoxy) is 4. The molecule has 5 nitrogen and oxygen atoms in total. The molecule has 2 unspecified atom stereocenters. The van der Waals surface area contributed by atoms with Crippen molar-refractivity contribution < 1.29 is 23.7 Å². The lowest BCUT2D eigenvalue weighted by Gasteiger charge is -2.22. The summed E-state index contributed by atoms with van der Waals surface area (Å²) in [5.74, 6) is 0.274. The first-order chi connectivity index (χ1) is 8.06. The van der Waals surface area contributed by atoms with Crippen LogP contribution in [-0.2, 0) is 23.7 Å². The van der Waals surface area contributed by atoms with Gasteiger partial charge in [0.1, 0.15) is 11.9 Å². The van der Waals surface area contributed by atoms with Crippen LogP contribution < -0.4 is 0 Å². The van der Waals surface area contributed by atoms with Crippen LogP contribution in [0, 0.1) is 5.92 Å². The van der Waals surface area contributed by atoms with Crippen molar-refractivity contribution >= 4 is 5.97 Å². The van der Waals surface area contributed by atoms with Gasteiger partial charge in [0, 0.05) is 14.2 Å². The van der Waals surface area contributed by atoms with Crippen LogP contribution in [0.25, 0.3) is 0 Å². The SMILES string of the molecule is COCC(OC)C1OC(=O)C(C(C)C)=C1OC. The highest BCUT2D eigenvalue weighted by atomic mass is 16.6. The van der Waals surface area contributed by atoms with E-state index in [9.17, 15) is 4.79 Å². The zero-order chi connectivity index (χ0) is 13.0. The van der Waals surface area contributed by atoms with Gasteiger partial charge in [-0.1, -0.05) is 13.8 Å². The second-order valence-corrected chi connectivity index (χ2v) is 4.19. The van der Waals surface area contributed by atoms with Crippen molar-refractivity contribution in [2.45, 2.75) is 26.1 Å². The molecule has 17 heavy (non-hydrogen) atoms. The van der Waals surface area contributed by atoms with Gasteiger partial charge in [0.2, 0.25) is 0 Å².